The van der Waals surface area contributed by atoms with Crippen LogP contribution in [0.25, 0.3) is 0 Å². The van der Waals surface area contributed by atoms with Crippen molar-refractivity contribution in [2.45, 2.75) is 25.4 Å². The molecule has 1 aliphatic rings. The summed E-state index contributed by atoms with van der Waals surface area (Å²) in [6, 6.07) is 8.44. The van der Waals surface area contributed by atoms with Crippen molar-refractivity contribution < 1.29 is 9.90 Å². The first kappa shape index (κ1) is 13.5. The van der Waals surface area contributed by atoms with Gasteiger partial charge in [0.05, 0.1) is 23.8 Å². The van der Waals surface area contributed by atoms with E-state index in [1.807, 2.05) is 13.8 Å². The van der Waals surface area contributed by atoms with Gasteiger partial charge in [0.1, 0.15) is 6.04 Å². The molecule has 5 nitrogen and oxygen atoms in total. The molecule has 0 radical (unpaired) electrons. The highest BCUT2D eigenvalue weighted by atomic mass is 16.3. The summed E-state index contributed by atoms with van der Waals surface area (Å²) in [5.41, 5.74) is 0.797. The van der Waals surface area contributed by atoms with Crippen LogP contribution in [-0.2, 0) is 4.79 Å². The molecule has 0 spiro atoms. The van der Waals surface area contributed by atoms with E-state index in [1.54, 1.807) is 29.2 Å². The lowest BCUT2D eigenvalue weighted by Crippen LogP contribution is -2.66. The summed E-state index contributed by atoms with van der Waals surface area (Å²) in [5, 5.41) is 21.2. The number of hydrogen-bond acceptors (Lipinski definition) is 4. The lowest BCUT2D eigenvalue weighted by atomic mass is 9.95. The van der Waals surface area contributed by atoms with Gasteiger partial charge in [0.25, 0.3) is 0 Å². The van der Waals surface area contributed by atoms with Crippen LogP contribution in [0.4, 0.5) is 5.69 Å². The number of piperazine rings is 1. The number of carbonyl (C=O) groups is 1. The lowest BCUT2D eigenvalue weighted by molar-refractivity contribution is -0.124. The van der Waals surface area contributed by atoms with Gasteiger partial charge >= 0.3 is 0 Å². The van der Waals surface area contributed by atoms with E-state index in [2.05, 4.69) is 11.4 Å². The highest BCUT2D eigenvalue weighted by molar-refractivity contribution is 5.99. The number of anilines is 1. The van der Waals surface area contributed by atoms with Crippen molar-refractivity contribution in [2.24, 2.45) is 0 Å². The summed E-state index contributed by atoms with van der Waals surface area (Å²) >= 11 is 0. The van der Waals surface area contributed by atoms with Gasteiger partial charge in [-0.15, -0.1) is 0 Å². The van der Waals surface area contributed by atoms with Crippen LogP contribution in [0, 0.1) is 11.3 Å². The smallest absolute Gasteiger partial charge is 0.247 e. The number of benzene rings is 1. The molecule has 1 amide bonds. The van der Waals surface area contributed by atoms with E-state index < -0.39 is 11.6 Å². The molecule has 2 N–H and O–H groups in total. The van der Waals surface area contributed by atoms with E-state index >= 15 is 0 Å². The summed E-state index contributed by atoms with van der Waals surface area (Å²) in [7, 11) is 0. The maximum atomic E-state index is 12.4. The van der Waals surface area contributed by atoms with Crippen LogP contribution in [-0.4, -0.2) is 35.7 Å². The Bertz CT molecular complexity index is 534. The summed E-state index contributed by atoms with van der Waals surface area (Å²) < 4.78 is 0. The molecule has 100 valence electrons. The zero-order chi connectivity index (χ0) is 14.0. The fourth-order valence-corrected chi connectivity index (χ4v) is 2.33. The highest BCUT2D eigenvalue weighted by Gasteiger charge is 2.40. The van der Waals surface area contributed by atoms with E-state index in [4.69, 9.17) is 5.26 Å². The predicted octanol–water partition coefficient (Wildman–Crippen LogP) is 0.634. The monoisotopic (exact) mass is 259 g/mol. The quantitative estimate of drug-likeness (QED) is 0.817. The second kappa shape index (κ2) is 5.00. The highest BCUT2D eigenvalue weighted by Crippen LogP contribution is 2.28. The Hall–Kier alpha value is -1.90. The average Bonchev–Trinajstić information content (AvgIpc) is 2.38. The van der Waals surface area contributed by atoms with Crippen LogP contribution in [0.3, 0.4) is 0 Å². The maximum Gasteiger partial charge on any atom is 0.247 e. The zero-order valence-electron chi connectivity index (χ0n) is 11.1. The van der Waals surface area contributed by atoms with Crippen LogP contribution in [0.15, 0.2) is 24.3 Å². The van der Waals surface area contributed by atoms with Gasteiger partial charge in [-0.2, -0.15) is 5.26 Å². The molecule has 1 saturated heterocycles. The normalized spacial score (nSPS) is 22.1. The number of nitrogens with zero attached hydrogens (tertiary/aromatic N) is 2. The number of aliphatic hydroxyl groups excluding tert-OH is 1. The predicted molar refractivity (Wildman–Crippen MR) is 71.6 cm³/mol. The SMILES string of the molecule is CC1(C)CNC(CO)C(=O)N1c1cccc(C#N)c1. The summed E-state index contributed by atoms with van der Waals surface area (Å²) in [5.74, 6) is -0.172. The van der Waals surface area contributed by atoms with Crippen LogP contribution < -0.4 is 10.2 Å². The number of nitriles is 1. The third kappa shape index (κ3) is 2.46. The third-order valence-corrected chi connectivity index (χ3v) is 3.32. The van der Waals surface area contributed by atoms with Crippen molar-refractivity contribution >= 4 is 11.6 Å². The molecule has 0 aromatic heterocycles. The van der Waals surface area contributed by atoms with Gasteiger partial charge in [-0.25, -0.2) is 0 Å². The number of carbonyl (C=O) groups excluding carboxylic acids is 1. The van der Waals surface area contributed by atoms with Gasteiger partial charge in [0.2, 0.25) is 5.91 Å². The van der Waals surface area contributed by atoms with Crippen molar-refractivity contribution in [3.8, 4) is 6.07 Å². The van der Waals surface area contributed by atoms with Crippen molar-refractivity contribution in [1.82, 2.24) is 5.32 Å². The van der Waals surface area contributed by atoms with Crippen molar-refractivity contribution in [3.63, 3.8) is 0 Å². The Balaban J connectivity index is 2.43. The van der Waals surface area contributed by atoms with Crippen molar-refractivity contribution in [2.75, 3.05) is 18.1 Å². The molecule has 1 fully saturated rings. The second-order valence-electron chi connectivity index (χ2n) is 5.26. The first-order chi connectivity index (χ1) is 8.99. The fraction of sp³-hybridized carbons (Fsp3) is 0.429. The van der Waals surface area contributed by atoms with Crippen LogP contribution in [0.1, 0.15) is 19.4 Å². The Labute approximate surface area is 112 Å². The Morgan fingerprint density at radius 1 is 1.58 bits per heavy atom. The largest absolute Gasteiger partial charge is 0.394 e. The molecule has 1 aromatic rings. The van der Waals surface area contributed by atoms with Crippen LogP contribution >= 0.6 is 0 Å². The van der Waals surface area contributed by atoms with E-state index in [9.17, 15) is 9.90 Å². The van der Waals surface area contributed by atoms with Crippen LogP contribution in [0.5, 0.6) is 0 Å². The minimum atomic E-state index is -0.584. The van der Waals surface area contributed by atoms with Crippen LogP contribution in [0.2, 0.25) is 0 Å². The Morgan fingerprint density at radius 3 is 2.95 bits per heavy atom. The summed E-state index contributed by atoms with van der Waals surface area (Å²) in [6.07, 6.45) is 0. The number of hydrogen-bond donors (Lipinski definition) is 2. The molecule has 2 rings (SSSR count). The van der Waals surface area contributed by atoms with E-state index in [0.717, 1.165) is 0 Å². The van der Waals surface area contributed by atoms with Crippen molar-refractivity contribution in [1.29, 1.82) is 5.26 Å². The van der Waals surface area contributed by atoms with Gasteiger partial charge in [0, 0.05) is 12.2 Å². The number of nitrogens with one attached hydrogen (secondary N) is 1. The minimum Gasteiger partial charge on any atom is -0.394 e. The Kier molecular flexibility index (Phi) is 3.56. The molecule has 1 aromatic carbocycles. The van der Waals surface area contributed by atoms with Gasteiger partial charge < -0.3 is 15.3 Å². The molecular formula is C14H17N3O2. The van der Waals surface area contributed by atoms with Gasteiger partial charge in [-0.05, 0) is 32.0 Å². The molecule has 1 unspecified atom stereocenters. The average molecular weight is 259 g/mol. The molecule has 0 aliphatic carbocycles. The number of aliphatic hydroxyl groups is 1. The molecule has 0 bridgehead atoms. The number of amides is 1. The first-order valence-corrected chi connectivity index (χ1v) is 6.18. The van der Waals surface area contributed by atoms with Gasteiger partial charge in [-0.3, -0.25) is 4.79 Å². The van der Waals surface area contributed by atoms with E-state index in [1.165, 1.54) is 0 Å². The second-order valence-corrected chi connectivity index (χ2v) is 5.26. The zero-order valence-corrected chi connectivity index (χ0v) is 11.1. The van der Waals surface area contributed by atoms with Crippen molar-refractivity contribution in [3.05, 3.63) is 29.8 Å². The third-order valence-electron chi connectivity index (χ3n) is 3.32. The van der Waals surface area contributed by atoms with E-state index in [-0.39, 0.29) is 12.5 Å². The van der Waals surface area contributed by atoms with Gasteiger partial charge in [0.15, 0.2) is 0 Å². The fourth-order valence-electron chi connectivity index (χ4n) is 2.33. The molecular weight excluding hydrogens is 242 g/mol. The van der Waals surface area contributed by atoms with E-state index in [0.29, 0.717) is 17.8 Å². The molecule has 1 atom stereocenters. The molecule has 19 heavy (non-hydrogen) atoms. The summed E-state index contributed by atoms with van der Waals surface area (Å²) in [4.78, 5) is 14.1. The number of rotatable bonds is 2. The maximum absolute atomic E-state index is 12.4. The minimum absolute atomic E-state index is 0.172. The molecule has 0 saturated carbocycles. The molecule has 5 heteroatoms. The first-order valence-electron chi connectivity index (χ1n) is 6.18. The molecule has 1 aliphatic heterocycles. The van der Waals surface area contributed by atoms with Gasteiger partial charge in [-0.1, -0.05) is 6.07 Å². The summed E-state index contributed by atoms with van der Waals surface area (Å²) in [6.45, 7) is 4.25. The standard InChI is InChI=1S/C14H17N3O2/c1-14(2)9-16-12(8-18)13(19)17(14)11-5-3-4-10(6-11)7-15/h3-6,12,16,18H,8-9H2,1-2H3. The molecule has 1 heterocycles. The lowest BCUT2D eigenvalue weighted by Gasteiger charge is -2.45. The topological polar surface area (TPSA) is 76.4 Å². The Morgan fingerprint density at radius 2 is 2.32 bits per heavy atom.